The zero-order chi connectivity index (χ0) is 13.7. The van der Waals surface area contributed by atoms with Crippen LogP contribution < -0.4 is 0 Å². The summed E-state index contributed by atoms with van der Waals surface area (Å²) in [6.45, 7) is 4.20. The molecular weight excluding hydrogens is 242 g/mol. The number of hydrogen-bond acceptors (Lipinski definition) is 4. The van der Waals surface area contributed by atoms with Crippen molar-refractivity contribution >= 4 is 5.97 Å². The summed E-state index contributed by atoms with van der Waals surface area (Å²) in [4.78, 5) is 16.0. The Morgan fingerprint density at radius 3 is 2.68 bits per heavy atom. The van der Waals surface area contributed by atoms with Crippen LogP contribution in [0.25, 0.3) is 0 Å². The lowest BCUT2D eigenvalue weighted by molar-refractivity contribution is -0.145. The van der Waals surface area contributed by atoms with Crippen LogP contribution in [0.3, 0.4) is 0 Å². The smallest absolute Gasteiger partial charge is 0.328 e. The van der Waals surface area contributed by atoms with Crippen LogP contribution in [0.15, 0.2) is 30.3 Å². The average molecular weight is 259 g/mol. The Morgan fingerprint density at radius 2 is 2.05 bits per heavy atom. The summed E-state index contributed by atoms with van der Waals surface area (Å²) in [6.07, 6.45) is 0.757. The van der Waals surface area contributed by atoms with Crippen LogP contribution in [0.2, 0.25) is 0 Å². The predicted octanol–water partition coefficient (Wildman–Crippen LogP) is 1.89. The summed E-state index contributed by atoms with van der Waals surface area (Å²) in [5, 5.41) is 4.23. The first-order valence-corrected chi connectivity index (χ1v) is 6.29. The van der Waals surface area contributed by atoms with Gasteiger partial charge in [0.15, 0.2) is 5.82 Å². The van der Waals surface area contributed by atoms with Gasteiger partial charge in [-0.2, -0.15) is 5.10 Å². The van der Waals surface area contributed by atoms with Crippen LogP contribution in [0.4, 0.5) is 0 Å². The number of benzene rings is 1. The molecule has 5 heteroatoms. The van der Waals surface area contributed by atoms with E-state index in [1.54, 1.807) is 4.68 Å². The first-order valence-electron chi connectivity index (χ1n) is 6.29. The SMILES string of the molecule is CCc1nc(C)n(CC(=O)OCc2ccccc2)n1. The van der Waals surface area contributed by atoms with E-state index >= 15 is 0 Å². The van der Waals surface area contributed by atoms with Gasteiger partial charge in [-0.25, -0.2) is 9.67 Å². The highest BCUT2D eigenvalue weighted by molar-refractivity contribution is 5.69. The van der Waals surface area contributed by atoms with Gasteiger partial charge in [0.1, 0.15) is 19.0 Å². The number of aryl methyl sites for hydroxylation is 2. The molecule has 100 valence electrons. The summed E-state index contributed by atoms with van der Waals surface area (Å²) in [6, 6.07) is 9.60. The van der Waals surface area contributed by atoms with Gasteiger partial charge in [-0.1, -0.05) is 37.3 Å². The second kappa shape index (κ2) is 6.13. The molecule has 0 saturated carbocycles. The molecule has 0 aliphatic rings. The van der Waals surface area contributed by atoms with Gasteiger partial charge >= 0.3 is 5.97 Å². The van der Waals surface area contributed by atoms with E-state index in [0.29, 0.717) is 0 Å². The zero-order valence-electron chi connectivity index (χ0n) is 11.2. The molecular formula is C14H17N3O2. The Labute approximate surface area is 112 Å². The van der Waals surface area contributed by atoms with E-state index in [2.05, 4.69) is 10.1 Å². The molecule has 19 heavy (non-hydrogen) atoms. The van der Waals surface area contributed by atoms with Crippen LogP contribution in [0, 0.1) is 6.92 Å². The topological polar surface area (TPSA) is 57.0 Å². The molecule has 0 aliphatic heterocycles. The fourth-order valence-electron chi connectivity index (χ4n) is 1.68. The highest BCUT2D eigenvalue weighted by atomic mass is 16.5. The van der Waals surface area contributed by atoms with Crippen molar-refractivity contribution in [2.75, 3.05) is 0 Å². The van der Waals surface area contributed by atoms with Gasteiger partial charge in [0.2, 0.25) is 0 Å². The van der Waals surface area contributed by atoms with E-state index in [-0.39, 0.29) is 19.1 Å². The van der Waals surface area contributed by atoms with Gasteiger partial charge in [0, 0.05) is 6.42 Å². The number of esters is 1. The van der Waals surface area contributed by atoms with Crippen molar-refractivity contribution in [1.82, 2.24) is 14.8 Å². The Morgan fingerprint density at radius 1 is 1.32 bits per heavy atom. The molecule has 0 spiro atoms. The molecule has 1 heterocycles. The van der Waals surface area contributed by atoms with Crippen LogP contribution >= 0.6 is 0 Å². The van der Waals surface area contributed by atoms with Crippen LogP contribution in [0.1, 0.15) is 24.1 Å². The van der Waals surface area contributed by atoms with Crippen molar-refractivity contribution < 1.29 is 9.53 Å². The Hall–Kier alpha value is -2.17. The third-order valence-electron chi connectivity index (χ3n) is 2.74. The lowest BCUT2D eigenvalue weighted by Gasteiger charge is -2.05. The van der Waals surface area contributed by atoms with Crippen LogP contribution in [-0.2, 0) is 29.1 Å². The number of ether oxygens (including phenoxy) is 1. The predicted molar refractivity (Wildman–Crippen MR) is 70.4 cm³/mol. The van der Waals surface area contributed by atoms with Crippen molar-refractivity contribution in [3.63, 3.8) is 0 Å². The lowest BCUT2D eigenvalue weighted by atomic mass is 10.2. The minimum Gasteiger partial charge on any atom is -0.459 e. The highest BCUT2D eigenvalue weighted by Gasteiger charge is 2.10. The second-order valence-electron chi connectivity index (χ2n) is 4.23. The molecule has 0 N–H and O–H groups in total. The number of nitrogens with zero attached hydrogens (tertiary/aromatic N) is 3. The molecule has 0 amide bonds. The molecule has 0 radical (unpaired) electrons. The average Bonchev–Trinajstić information content (AvgIpc) is 2.78. The van der Waals surface area contributed by atoms with E-state index in [1.807, 2.05) is 44.2 Å². The standard InChI is InChI=1S/C14H17N3O2/c1-3-13-15-11(2)17(16-13)9-14(18)19-10-12-7-5-4-6-8-12/h4-8H,3,9-10H2,1-2H3. The number of hydrogen-bond donors (Lipinski definition) is 0. The van der Waals surface area contributed by atoms with Gasteiger partial charge in [-0.05, 0) is 12.5 Å². The lowest BCUT2D eigenvalue weighted by Crippen LogP contribution is -2.15. The van der Waals surface area contributed by atoms with E-state index < -0.39 is 0 Å². The van der Waals surface area contributed by atoms with Crippen LogP contribution in [0.5, 0.6) is 0 Å². The van der Waals surface area contributed by atoms with E-state index in [0.717, 1.165) is 23.6 Å². The van der Waals surface area contributed by atoms with Gasteiger partial charge in [0.25, 0.3) is 0 Å². The first-order chi connectivity index (χ1) is 9.19. The molecule has 2 rings (SSSR count). The first kappa shape index (κ1) is 13.3. The molecule has 0 atom stereocenters. The minimum atomic E-state index is -0.306. The molecule has 0 unspecified atom stereocenters. The quantitative estimate of drug-likeness (QED) is 0.769. The summed E-state index contributed by atoms with van der Waals surface area (Å²) in [5.41, 5.74) is 0.973. The molecule has 0 fully saturated rings. The summed E-state index contributed by atoms with van der Waals surface area (Å²) in [7, 11) is 0. The Bertz CT molecular complexity index is 549. The van der Waals surface area contributed by atoms with E-state index in [1.165, 1.54) is 0 Å². The Kier molecular flexibility index (Phi) is 4.28. The number of aromatic nitrogens is 3. The van der Waals surface area contributed by atoms with Crippen molar-refractivity contribution in [3.8, 4) is 0 Å². The van der Waals surface area contributed by atoms with Crippen molar-refractivity contribution in [1.29, 1.82) is 0 Å². The van der Waals surface area contributed by atoms with Crippen molar-refractivity contribution in [2.24, 2.45) is 0 Å². The van der Waals surface area contributed by atoms with Gasteiger partial charge in [-0.3, -0.25) is 4.79 Å². The summed E-state index contributed by atoms with van der Waals surface area (Å²) < 4.78 is 6.78. The molecule has 0 bridgehead atoms. The fourth-order valence-corrected chi connectivity index (χ4v) is 1.68. The minimum absolute atomic E-state index is 0.103. The fraction of sp³-hybridized carbons (Fsp3) is 0.357. The molecule has 2 aromatic rings. The normalized spacial score (nSPS) is 10.4. The van der Waals surface area contributed by atoms with E-state index in [4.69, 9.17) is 4.74 Å². The zero-order valence-corrected chi connectivity index (χ0v) is 11.2. The van der Waals surface area contributed by atoms with Crippen LogP contribution in [-0.4, -0.2) is 20.7 Å². The molecule has 0 aliphatic carbocycles. The monoisotopic (exact) mass is 259 g/mol. The molecule has 0 saturated heterocycles. The number of rotatable bonds is 5. The van der Waals surface area contributed by atoms with Gasteiger partial charge in [0.05, 0.1) is 0 Å². The molecule has 5 nitrogen and oxygen atoms in total. The van der Waals surface area contributed by atoms with Crippen molar-refractivity contribution in [2.45, 2.75) is 33.4 Å². The second-order valence-corrected chi connectivity index (χ2v) is 4.23. The maximum Gasteiger partial charge on any atom is 0.328 e. The third-order valence-corrected chi connectivity index (χ3v) is 2.74. The van der Waals surface area contributed by atoms with Gasteiger partial charge < -0.3 is 4.74 Å². The summed E-state index contributed by atoms with van der Waals surface area (Å²) >= 11 is 0. The maximum absolute atomic E-state index is 11.7. The highest BCUT2D eigenvalue weighted by Crippen LogP contribution is 2.03. The Balaban J connectivity index is 1.89. The number of carbonyl (C=O) groups is 1. The summed E-state index contributed by atoms with van der Waals surface area (Å²) in [5.74, 6) is 1.17. The molecule has 1 aromatic carbocycles. The van der Waals surface area contributed by atoms with Gasteiger partial charge in [-0.15, -0.1) is 0 Å². The maximum atomic E-state index is 11.7. The molecule has 1 aromatic heterocycles. The van der Waals surface area contributed by atoms with Crippen molar-refractivity contribution in [3.05, 3.63) is 47.5 Å². The van der Waals surface area contributed by atoms with E-state index in [9.17, 15) is 4.79 Å². The largest absolute Gasteiger partial charge is 0.459 e. The number of carbonyl (C=O) groups excluding carboxylic acids is 1. The third kappa shape index (κ3) is 3.64.